The molecule has 0 unspecified atom stereocenters. The van der Waals surface area contributed by atoms with Crippen LogP contribution in [0.4, 0.5) is 11.4 Å². The molecule has 0 atom stereocenters. The number of nitrogens with zero attached hydrogens (tertiary/aromatic N) is 1. The first-order chi connectivity index (χ1) is 19.6. The van der Waals surface area contributed by atoms with Crippen LogP contribution in [0.5, 0.6) is 0 Å². The first kappa shape index (κ1) is 23.6. The fourth-order valence-electron chi connectivity index (χ4n) is 5.68. The summed E-state index contributed by atoms with van der Waals surface area (Å²) in [6.07, 6.45) is 0. The molecule has 1 heterocycles. The maximum Gasteiger partial charge on any atom is 0.264 e. The molecule has 4 heteroatoms. The molecule has 40 heavy (non-hydrogen) atoms. The van der Waals surface area contributed by atoms with Crippen LogP contribution in [0.3, 0.4) is 0 Å². The molecule has 0 saturated carbocycles. The number of nitrogen functional groups attached to an aromatic ring is 1. The number of benzene rings is 6. The van der Waals surface area contributed by atoms with E-state index in [2.05, 4.69) is 30.3 Å². The van der Waals surface area contributed by atoms with E-state index in [9.17, 15) is 10.2 Å². The summed E-state index contributed by atoms with van der Waals surface area (Å²) in [7, 11) is 0. The number of carbonyl (C=O) groups is 1. The standard InChI is InChI=1S/C36H25N3O/c37-32-19-18-31-33-30(17-16-29(34(32)33)25-14-8-3-9-15-25)35(38)39(36(31)40)28-21-26(23-10-4-1-5-11-23)20-27(22-28)24-12-6-2-7-13-24/h1-22,38H,37H2. The quantitative estimate of drug-likeness (QED) is 0.231. The van der Waals surface area contributed by atoms with E-state index >= 15 is 0 Å². The zero-order chi connectivity index (χ0) is 27.2. The van der Waals surface area contributed by atoms with Crippen molar-refractivity contribution < 1.29 is 4.79 Å². The van der Waals surface area contributed by atoms with E-state index in [0.29, 0.717) is 22.5 Å². The summed E-state index contributed by atoms with van der Waals surface area (Å²) in [5.74, 6) is -0.103. The highest BCUT2D eigenvalue weighted by atomic mass is 16.2. The molecule has 1 amide bonds. The molecule has 0 aliphatic carbocycles. The van der Waals surface area contributed by atoms with Crippen molar-refractivity contribution in [2.24, 2.45) is 0 Å². The number of amides is 1. The van der Waals surface area contributed by atoms with Gasteiger partial charge in [-0.05, 0) is 69.8 Å². The maximum absolute atomic E-state index is 14.2. The lowest BCUT2D eigenvalue weighted by Gasteiger charge is -2.31. The third-order valence-electron chi connectivity index (χ3n) is 7.58. The number of hydrogen-bond acceptors (Lipinski definition) is 3. The lowest BCUT2D eigenvalue weighted by Crippen LogP contribution is -2.40. The number of nitrogens with two attached hydrogens (primary N) is 1. The summed E-state index contributed by atoms with van der Waals surface area (Å²) in [5.41, 5.74) is 15.0. The van der Waals surface area contributed by atoms with Gasteiger partial charge >= 0.3 is 0 Å². The highest BCUT2D eigenvalue weighted by Gasteiger charge is 2.33. The average Bonchev–Trinajstić information content (AvgIpc) is 3.01. The lowest BCUT2D eigenvalue weighted by atomic mass is 9.87. The fraction of sp³-hybridized carbons (Fsp3) is 0. The predicted octanol–water partition coefficient (Wildman–Crippen LogP) is 8.41. The van der Waals surface area contributed by atoms with Crippen molar-refractivity contribution in [3.8, 4) is 33.4 Å². The number of carbonyl (C=O) groups excluding carboxylic acids is 1. The van der Waals surface area contributed by atoms with Gasteiger partial charge in [0.25, 0.3) is 5.91 Å². The molecule has 1 aliphatic rings. The molecule has 0 aromatic heterocycles. The summed E-state index contributed by atoms with van der Waals surface area (Å²) in [4.78, 5) is 15.7. The van der Waals surface area contributed by atoms with Crippen LogP contribution >= 0.6 is 0 Å². The van der Waals surface area contributed by atoms with Crippen LogP contribution in [0.25, 0.3) is 44.2 Å². The topological polar surface area (TPSA) is 70.2 Å². The van der Waals surface area contributed by atoms with E-state index in [-0.39, 0.29) is 11.7 Å². The molecule has 0 radical (unpaired) electrons. The third kappa shape index (κ3) is 3.77. The smallest absolute Gasteiger partial charge is 0.264 e. The molecule has 1 aliphatic heterocycles. The largest absolute Gasteiger partial charge is 0.398 e. The van der Waals surface area contributed by atoms with Gasteiger partial charge in [0.05, 0.1) is 5.69 Å². The molecule has 0 fully saturated rings. The molecule has 4 nitrogen and oxygen atoms in total. The Bertz CT molecular complexity index is 1850. The second-order valence-electron chi connectivity index (χ2n) is 9.97. The van der Waals surface area contributed by atoms with Gasteiger partial charge in [0, 0.05) is 27.6 Å². The highest BCUT2D eigenvalue weighted by molar-refractivity contribution is 6.38. The Morgan fingerprint density at radius 1 is 0.500 bits per heavy atom. The Morgan fingerprint density at radius 2 is 1.00 bits per heavy atom. The van der Waals surface area contributed by atoms with Gasteiger partial charge in [-0.25, -0.2) is 0 Å². The van der Waals surface area contributed by atoms with Gasteiger partial charge in [-0.1, -0.05) is 97.1 Å². The fourth-order valence-corrected chi connectivity index (χ4v) is 5.68. The van der Waals surface area contributed by atoms with Crippen LogP contribution in [0, 0.1) is 5.41 Å². The molecule has 0 saturated heterocycles. The summed E-state index contributed by atoms with van der Waals surface area (Å²) >= 11 is 0. The minimum atomic E-state index is -0.239. The van der Waals surface area contributed by atoms with Gasteiger partial charge in [0.1, 0.15) is 5.84 Å². The van der Waals surface area contributed by atoms with Crippen molar-refractivity contribution in [1.29, 1.82) is 5.41 Å². The summed E-state index contributed by atoms with van der Waals surface area (Å²) < 4.78 is 0. The highest BCUT2D eigenvalue weighted by Crippen LogP contribution is 2.42. The van der Waals surface area contributed by atoms with Crippen LogP contribution in [0.1, 0.15) is 15.9 Å². The van der Waals surface area contributed by atoms with E-state index in [1.54, 1.807) is 12.1 Å². The van der Waals surface area contributed by atoms with E-state index in [4.69, 9.17) is 5.73 Å². The van der Waals surface area contributed by atoms with Crippen molar-refractivity contribution in [3.63, 3.8) is 0 Å². The third-order valence-corrected chi connectivity index (χ3v) is 7.58. The zero-order valence-electron chi connectivity index (χ0n) is 21.6. The van der Waals surface area contributed by atoms with Crippen molar-refractivity contribution in [2.75, 3.05) is 10.6 Å². The SMILES string of the molecule is N=C1c2ccc(-c3ccccc3)c3c(N)ccc(c23)C(=O)N1c1cc(-c2ccccc2)cc(-c2ccccc2)c1. The molecular weight excluding hydrogens is 490 g/mol. The van der Waals surface area contributed by atoms with Crippen molar-refractivity contribution in [3.05, 3.63) is 145 Å². The number of hydrogen-bond donors (Lipinski definition) is 2. The molecule has 190 valence electrons. The normalized spacial score (nSPS) is 12.7. The first-order valence-corrected chi connectivity index (χ1v) is 13.2. The maximum atomic E-state index is 14.2. The van der Waals surface area contributed by atoms with Crippen LogP contribution < -0.4 is 10.6 Å². The van der Waals surface area contributed by atoms with Crippen LogP contribution in [0.2, 0.25) is 0 Å². The number of amidine groups is 1. The predicted molar refractivity (Wildman–Crippen MR) is 165 cm³/mol. The number of rotatable bonds is 4. The molecule has 3 N–H and O–H groups in total. The zero-order valence-corrected chi connectivity index (χ0v) is 21.6. The molecule has 6 aromatic rings. The van der Waals surface area contributed by atoms with Gasteiger partial charge in [-0.2, -0.15) is 0 Å². The van der Waals surface area contributed by atoms with Crippen LogP contribution in [-0.4, -0.2) is 11.7 Å². The van der Waals surface area contributed by atoms with Crippen molar-refractivity contribution in [1.82, 2.24) is 0 Å². The van der Waals surface area contributed by atoms with Crippen LogP contribution in [0.15, 0.2) is 133 Å². The van der Waals surface area contributed by atoms with Crippen molar-refractivity contribution >= 4 is 33.9 Å². The summed E-state index contributed by atoms with van der Waals surface area (Å²) in [6, 6.07) is 43.9. The average molecular weight is 516 g/mol. The van der Waals surface area contributed by atoms with Crippen LogP contribution in [-0.2, 0) is 0 Å². The van der Waals surface area contributed by atoms with E-state index in [0.717, 1.165) is 44.2 Å². The number of nitrogens with one attached hydrogen (secondary N) is 1. The van der Waals surface area contributed by atoms with Gasteiger partial charge in [0.2, 0.25) is 0 Å². The molecule has 7 rings (SSSR count). The first-order valence-electron chi connectivity index (χ1n) is 13.2. The Kier molecular flexibility index (Phi) is 5.53. The Labute approximate surface area is 232 Å². The van der Waals surface area contributed by atoms with Gasteiger partial charge in [0.15, 0.2) is 0 Å². The number of anilines is 2. The monoisotopic (exact) mass is 515 g/mol. The minimum absolute atomic E-state index is 0.136. The molecule has 0 bridgehead atoms. The Balaban J connectivity index is 1.43. The van der Waals surface area contributed by atoms with Crippen molar-refractivity contribution in [2.45, 2.75) is 0 Å². The van der Waals surface area contributed by atoms with Gasteiger partial charge in [-0.3, -0.25) is 15.1 Å². The van der Waals surface area contributed by atoms with E-state index in [1.165, 1.54) is 4.90 Å². The Morgan fingerprint density at radius 3 is 1.57 bits per heavy atom. The van der Waals surface area contributed by atoms with E-state index < -0.39 is 0 Å². The molecule has 6 aromatic carbocycles. The molecule has 0 spiro atoms. The summed E-state index contributed by atoms with van der Waals surface area (Å²) in [5, 5.41) is 10.8. The van der Waals surface area contributed by atoms with Gasteiger partial charge in [-0.15, -0.1) is 0 Å². The summed E-state index contributed by atoms with van der Waals surface area (Å²) in [6.45, 7) is 0. The minimum Gasteiger partial charge on any atom is -0.398 e. The van der Waals surface area contributed by atoms with Gasteiger partial charge < -0.3 is 5.73 Å². The second-order valence-corrected chi connectivity index (χ2v) is 9.97. The molecular formula is C36H25N3O. The second kappa shape index (κ2) is 9.37. The van der Waals surface area contributed by atoms with E-state index in [1.807, 2.05) is 91.0 Å². The lowest BCUT2D eigenvalue weighted by molar-refractivity contribution is 0.100. The Hall–Kier alpha value is -5.48.